The molecule has 0 aliphatic heterocycles. The Bertz CT molecular complexity index is 266. The normalized spacial score (nSPS) is 17.3. The van der Waals surface area contributed by atoms with Gasteiger partial charge in [0.05, 0.1) is 12.2 Å². The van der Waals surface area contributed by atoms with Gasteiger partial charge in [0.15, 0.2) is 5.76 Å². The average molecular weight is 180 g/mol. The predicted molar refractivity (Wildman–Crippen MR) is 50.4 cm³/mol. The molecule has 1 saturated carbocycles. The summed E-state index contributed by atoms with van der Waals surface area (Å²) in [5.74, 6) is 0.962. The fraction of sp³-hybridized carbons (Fsp3) is 0.700. The lowest BCUT2D eigenvalue weighted by molar-refractivity contribution is 0.308. The molecular formula is C10H16N2O. The van der Waals surface area contributed by atoms with E-state index in [-0.39, 0.29) is 0 Å². The number of nitrogens with zero attached hydrogens (tertiary/aromatic N) is 1. The first kappa shape index (κ1) is 8.75. The van der Waals surface area contributed by atoms with E-state index < -0.39 is 0 Å². The minimum absolute atomic E-state index is 0.718. The van der Waals surface area contributed by atoms with Crippen LogP contribution in [0, 0.1) is 0 Å². The first-order valence-electron chi connectivity index (χ1n) is 5.06. The predicted octanol–water partition coefficient (Wildman–Crippen LogP) is 1.88. The van der Waals surface area contributed by atoms with Crippen LogP contribution in [-0.4, -0.2) is 11.2 Å². The topological polar surface area (TPSA) is 38.1 Å². The van der Waals surface area contributed by atoms with Gasteiger partial charge in [-0.15, -0.1) is 0 Å². The highest BCUT2D eigenvalue weighted by molar-refractivity contribution is 5.04. The van der Waals surface area contributed by atoms with Crippen LogP contribution in [0.2, 0.25) is 0 Å². The van der Waals surface area contributed by atoms with Crippen LogP contribution < -0.4 is 5.32 Å². The molecule has 3 heteroatoms. The highest BCUT2D eigenvalue weighted by Crippen LogP contribution is 2.18. The molecule has 13 heavy (non-hydrogen) atoms. The molecule has 2 rings (SSSR count). The van der Waals surface area contributed by atoms with Crippen LogP contribution in [0.25, 0.3) is 0 Å². The second-order valence-corrected chi connectivity index (χ2v) is 3.65. The monoisotopic (exact) mass is 180 g/mol. The van der Waals surface area contributed by atoms with Gasteiger partial charge >= 0.3 is 0 Å². The van der Waals surface area contributed by atoms with Crippen molar-refractivity contribution in [3.63, 3.8) is 0 Å². The SMILES string of the molecule is CCc1cc(CNC2CCC2)on1. The van der Waals surface area contributed by atoms with Crippen LogP contribution in [-0.2, 0) is 13.0 Å². The second kappa shape index (κ2) is 3.92. The van der Waals surface area contributed by atoms with Crippen LogP contribution in [0.4, 0.5) is 0 Å². The fourth-order valence-corrected chi connectivity index (χ4v) is 1.46. The van der Waals surface area contributed by atoms with Crippen molar-refractivity contribution in [3.8, 4) is 0 Å². The second-order valence-electron chi connectivity index (χ2n) is 3.65. The number of aromatic nitrogens is 1. The number of nitrogens with one attached hydrogen (secondary N) is 1. The molecule has 3 nitrogen and oxygen atoms in total. The number of hydrogen-bond acceptors (Lipinski definition) is 3. The minimum atomic E-state index is 0.718. The van der Waals surface area contributed by atoms with Gasteiger partial charge in [0.1, 0.15) is 0 Å². The van der Waals surface area contributed by atoms with Gasteiger partial charge in [-0.1, -0.05) is 18.5 Å². The summed E-state index contributed by atoms with van der Waals surface area (Å²) in [6.07, 6.45) is 4.95. The highest BCUT2D eigenvalue weighted by atomic mass is 16.5. The third-order valence-electron chi connectivity index (χ3n) is 2.64. The Morgan fingerprint density at radius 3 is 3.00 bits per heavy atom. The summed E-state index contributed by atoms with van der Waals surface area (Å²) >= 11 is 0. The molecule has 0 atom stereocenters. The summed E-state index contributed by atoms with van der Waals surface area (Å²) in [5, 5.41) is 7.38. The van der Waals surface area contributed by atoms with E-state index >= 15 is 0 Å². The van der Waals surface area contributed by atoms with Gasteiger partial charge < -0.3 is 9.84 Å². The zero-order chi connectivity index (χ0) is 9.10. The standard InChI is InChI=1S/C10H16N2O/c1-2-8-6-10(13-12-8)7-11-9-4-3-5-9/h6,9,11H,2-5,7H2,1H3. The Balaban J connectivity index is 1.79. The Kier molecular flexibility index (Phi) is 2.64. The molecule has 0 saturated heterocycles. The molecule has 0 spiro atoms. The molecule has 0 radical (unpaired) electrons. The van der Waals surface area contributed by atoms with E-state index in [1.54, 1.807) is 0 Å². The molecule has 1 fully saturated rings. The minimum Gasteiger partial charge on any atom is -0.360 e. The number of rotatable bonds is 4. The molecule has 0 amide bonds. The zero-order valence-electron chi connectivity index (χ0n) is 8.05. The van der Waals surface area contributed by atoms with Gasteiger partial charge in [-0.25, -0.2) is 0 Å². The zero-order valence-corrected chi connectivity index (χ0v) is 8.05. The molecule has 1 aromatic rings. The van der Waals surface area contributed by atoms with Gasteiger partial charge in [-0.2, -0.15) is 0 Å². The van der Waals surface area contributed by atoms with Gasteiger partial charge in [-0.3, -0.25) is 0 Å². The summed E-state index contributed by atoms with van der Waals surface area (Å²) in [7, 11) is 0. The molecule has 1 N–H and O–H groups in total. The summed E-state index contributed by atoms with van der Waals surface area (Å²) in [5.41, 5.74) is 1.05. The van der Waals surface area contributed by atoms with Crippen LogP contribution in [0.3, 0.4) is 0 Å². The molecule has 1 heterocycles. The lowest BCUT2D eigenvalue weighted by Gasteiger charge is -2.25. The number of hydrogen-bond donors (Lipinski definition) is 1. The third kappa shape index (κ3) is 2.10. The maximum absolute atomic E-state index is 5.16. The molecule has 72 valence electrons. The summed E-state index contributed by atoms with van der Waals surface area (Å²) in [6.45, 7) is 2.92. The molecule has 1 aliphatic carbocycles. The summed E-state index contributed by atoms with van der Waals surface area (Å²) in [6, 6.07) is 2.75. The van der Waals surface area contributed by atoms with E-state index in [9.17, 15) is 0 Å². The van der Waals surface area contributed by atoms with Crippen LogP contribution in [0.15, 0.2) is 10.6 Å². The largest absolute Gasteiger partial charge is 0.360 e. The Morgan fingerprint density at radius 1 is 1.62 bits per heavy atom. The first-order valence-corrected chi connectivity index (χ1v) is 5.06. The van der Waals surface area contributed by atoms with Crippen molar-refractivity contribution in [2.24, 2.45) is 0 Å². The molecule has 0 unspecified atom stereocenters. The number of aryl methyl sites for hydroxylation is 1. The maximum Gasteiger partial charge on any atom is 0.150 e. The van der Waals surface area contributed by atoms with E-state index in [1.807, 2.05) is 6.07 Å². The fourth-order valence-electron chi connectivity index (χ4n) is 1.46. The molecule has 1 aliphatic rings. The van der Waals surface area contributed by atoms with E-state index in [0.29, 0.717) is 0 Å². The van der Waals surface area contributed by atoms with Gasteiger partial charge in [0.25, 0.3) is 0 Å². The Morgan fingerprint density at radius 2 is 2.46 bits per heavy atom. The van der Waals surface area contributed by atoms with E-state index in [0.717, 1.165) is 30.5 Å². The van der Waals surface area contributed by atoms with Crippen LogP contribution in [0.1, 0.15) is 37.6 Å². The molecule has 1 aromatic heterocycles. The van der Waals surface area contributed by atoms with Crippen molar-refractivity contribution in [3.05, 3.63) is 17.5 Å². The Labute approximate surface area is 78.5 Å². The molecule has 0 aromatic carbocycles. The van der Waals surface area contributed by atoms with E-state index in [1.165, 1.54) is 19.3 Å². The van der Waals surface area contributed by atoms with Gasteiger partial charge in [0, 0.05) is 12.1 Å². The molecule has 0 bridgehead atoms. The first-order chi connectivity index (χ1) is 6.38. The lowest BCUT2D eigenvalue weighted by Crippen LogP contribution is -2.34. The third-order valence-corrected chi connectivity index (χ3v) is 2.64. The average Bonchev–Trinajstić information content (AvgIpc) is 2.49. The Hall–Kier alpha value is -0.830. The van der Waals surface area contributed by atoms with Crippen molar-refractivity contribution < 1.29 is 4.52 Å². The van der Waals surface area contributed by atoms with Crippen molar-refractivity contribution in [2.45, 2.75) is 45.2 Å². The van der Waals surface area contributed by atoms with Crippen molar-refractivity contribution in [2.75, 3.05) is 0 Å². The summed E-state index contributed by atoms with van der Waals surface area (Å²) < 4.78 is 5.16. The van der Waals surface area contributed by atoms with Gasteiger partial charge in [0.2, 0.25) is 0 Å². The maximum atomic E-state index is 5.16. The quantitative estimate of drug-likeness (QED) is 0.768. The van der Waals surface area contributed by atoms with Gasteiger partial charge in [-0.05, 0) is 19.3 Å². The van der Waals surface area contributed by atoms with Crippen molar-refractivity contribution in [1.29, 1.82) is 0 Å². The summed E-state index contributed by atoms with van der Waals surface area (Å²) in [4.78, 5) is 0. The van der Waals surface area contributed by atoms with Crippen molar-refractivity contribution in [1.82, 2.24) is 10.5 Å². The van der Waals surface area contributed by atoms with Crippen molar-refractivity contribution >= 4 is 0 Å². The molecular weight excluding hydrogens is 164 g/mol. The smallest absolute Gasteiger partial charge is 0.150 e. The lowest BCUT2D eigenvalue weighted by atomic mass is 9.93. The van der Waals surface area contributed by atoms with E-state index in [2.05, 4.69) is 17.4 Å². The van der Waals surface area contributed by atoms with Crippen LogP contribution in [0.5, 0.6) is 0 Å². The van der Waals surface area contributed by atoms with Crippen LogP contribution >= 0.6 is 0 Å². The van der Waals surface area contributed by atoms with E-state index in [4.69, 9.17) is 4.52 Å². The highest BCUT2D eigenvalue weighted by Gasteiger charge is 2.16.